The van der Waals surface area contributed by atoms with Crippen molar-refractivity contribution in [3.63, 3.8) is 0 Å². The molecule has 28 heavy (non-hydrogen) atoms. The van der Waals surface area contributed by atoms with E-state index in [0.717, 1.165) is 17.0 Å². The highest BCUT2D eigenvalue weighted by Gasteiger charge is 2.15. The summed E-state index contributed by atoms with van der Waals surface area (Å²) in [6, 6.07) is 8.88. The molecule has 3 aromatic rings. The summed E-state index contributed by atoms with van der Waals surface area (Å²) >= 11 is 0. The summed E-state index contributed by atoms with van der Waals surface area (Å²) < 4.78 is 22.7. The van der Waals surface area contributed by atoms with Gasteiger partial charge in [0, 0.05) is 36.8 Å². The molecule has 0 amide bonds. The third-order valence-electron chi connectivity index (χ3n) is 3.95. The predicted molar refractivity (Wildman–Crippen MR) is 106 cm³/mol. The standard InChI is InChI=1S/C21H22N2O5/c1-3-26-21(24)18-9-7-16(11-20(18)28-14-25-2)23-12-15(19(22)13-23)6-8-17-5-4-10-27-17/h4-13H,3,14,22H2,1-2H3/b8-6+. The Morgan fingerprint density at radius 3 is 2.82 bits per heavy atom. The monoisotopic (exact) mass is 382 g/mol. The largest absolute Gasteiger partial charge is 0.467 e. The number of hydrogen-bond donors (Lipinski definition) is 1. The van der Waals surface area contributed by atoms with Gasteiger partial charge in [0.15, 0.2) is 6.79 Å². The lowest BCUT2D eigenvalue weighted by molar-refractivity contribution is 0.0438. The summed E-state index contributed by atoms with van der Waals surface area (Å²) in [5, 5.41) is 0. The number of anilines is 1. The predicted octanol–water partition coefficient (Wildman–Crippen LogP) is 3.98. The average Bonchev–Trinajstić information content (AvgIpc) is 3.34. The number of furan rings is 1. The zero-order valence-corrected chi connectivity index (χ0v) is 15.8. The summed E-state index contributed by atoms with van der Waals surface area (Å²) in [4.78, 5) is 12.1. The van der Waals surface area contributed by atoms with Crippen molar-refractivity contribution < 1.29 is 23.4 Å². The lowest BCUT2D eigenvalue weighted by atomic mass is 10.2. The van der Waals surface area contributed by atoms with Crippen molar-refractivity contribution in [1.82, 2.24) is 4.57 Å². The van der Waals surface area contributed by atoms with Crippen LogP contribution >= 0.6 is 0 Å². The van der Waals surface area contributed by atoms with Crippen LogP contribution in [0.1, 0.15) is 28.6 Å². The van der Waals surface area contributed by atoms with Crippen LogP contribution in [0.5, 0.6) is 5.75 Å². The van der Waals surface area contributed by atoms with E-state index in [-0.39, 0.29) is 13.4 Å². The number of aromatic nitrogens is 1. The van der Waals surface area contributed by atoms with Crippen molar-refractivity contribution in [2.24, 2.45) is 0 Å². The number of hydrogen-bond acceptors (Lipinski definition) is 6. The number of carbonyl (C=O) groups is 1. The van der Waals surface area contributed by atoms with E-state index in [9.17, 15) is 4.79 Å². The van der Waals surface area contributed by atoms with E-state index >= 15 is 0 Å². The molecule has 1 aromatic carbocycles. The maximum atomic E-state index is 12.1. The zero-order chi connectivity index (χ0) is 19.9. The molecule has 2 aromatic heterocycles. The second-order valence-electron chi connectivity index (χ2n) is 5.88. The Labute approximate surface area is 162 Å². The Morgan fingerprint density at radius 2 is 2.11 bits per heavy atom. The summed E-state index contributed by atoms with van der Waals surface area (Å²) in [7, 11) is 1.51. The first-order valence-corrected chi connectivity index (χ1v) is 8.74. The van der Waals surface area contributed by atoms with E-state index in [1.54, 1.807) is 37.6 Å². The molecule has 7 heteroatoms. The fraction of sp³-hybridized carbons (Fsp3) is 0.190. The Bertz CT molecular complexity index is 957. The van der Waals surface area contributed by atoms with Gasteiger partial charge in [-0.15, -0.1) is 0 Å². The molecule has 0 atom stereocenters. The van der Waals surface area contributed by atoms with Gasteiger partial charge in [-0.2, -0.15) is 0 Å². The summed E-state index contributed by atoms with van der Waals surface area (Å²) in [6.07, 6.45) is 9.00. The number of esters is 1. The Morgan fingerprint density at radius 1 is 1.25 bits per heavy atom. The summed E-state index contributed by atoms with van der Waals surface area (Å²) in [6.45, 7) is 2.05. The highest BCUT2D eigenvalue weighted by Crippen LogP contribution is 2.26. The molecule has 3 rings (SSSR count). The first-order chi connectivity index (χ1) is 13.6. The van der Waals surface area contributed by atoms with Gasteiger partial charge >= 0.3 is 5.97 Å². The molecule has 0 saturated heterocycles. The normalized spacial score (nSPS) is 11.1. The quantitative estimate of drug-likeness (QED) is 0.468. The maximum Gasteiger partial charge on any atom is 0.341 e. The fourth-order valence-electron chi connectivity index (χ4n) is 2.62. The lowest BCUT2D eigenvalue weighted by Crippen LogP contribution is -2.10. The van der Waals surface area contributed by atoms with Crippen LogP contribution in [0.3, 0.4) is 0 Å². The molecule has 0 aliphatic carbocycles. The Hall–Kier alpha value is -3.45. The Balaban J connectivity index is 1.90. The van der Waals surface area contributed by atoms with Gasteiger partial charge < -0.3 is 28.9 Å². The first kappa shape index (κ1) is 19.3. The van der Waals surface area contributed by atoms with Gasteiger partial charge in [-0.25, -0.2) is 4.79 Å². The van der Waals surface area contributed by atoms with Crippen LogP contribution in [0.25, 0.3) is 17.8 Å². The average molecular weight is 382 g/mol. The second-order valence-corrected chi connectivity index (χ2v) is 5.88. The van der Waals surface area contributed by atoms with Crippen molar-refractivity contribution in [2.75, 3.05) is 26.2 Å². The molecule has 0 radical (unpaired) electrons. The maximum absolute atomic E-state index is 12.1. The number of nitrogens with two attached hydrogens (primary N) is 1. The van der Waals surface area contributed by atoms with E-state index in [1.165, 1.54) is 7.11 Å². The molecule has 0 bridgehead atoms. The number of nitrogens with zero attached hydrogens (tertiary/aromatic N) is 1. The third-order valence-corrected chi connectivity index (χ3v) is 3.95. The van der Waals surface area contributed by atoms with E-state index in [0.29, 0.717) is 17.0 Å². The van der Waals surface area contributed by atoms with Crippen LogP contribution in [0.15, 0.2) is 53.4 Å². The van der Waals surface area contributed by atoms with Crippen molar-refractivity contribution in [1.29, 1.82) is 0 Å². The SMILES string of the molecule is CCOC(=O)c1ccc(-n2cc(N)c(/C=C/c3ccco3)c2)cc1OCOC. The van der Waals surface area contributed by atoms with Crippen molar-refractivity contribution in [3.8, 4) is 11.4 Å². The van der Waals surface area contributed by atoms with E-state index < -0.39 is 5.97 Å². The van der Waals surface area contributed by atoms with Gasteiger partial charge in [0.05, 0.1) is 18.6 Å². The van der Waals surface area contributed by atoms with E-state index in [1.807, 2.05) is 35.0 Å². The van der Waals surface area contributed by atoms with E-state index in [4.69, 9.17) is 24.4 Å². The molecule has 2 N–H and O–H groups in total. The minimum absolute atomic E-state index is 0.0147. The third kappa shape index (κ3) is 4.44. The number of methoxy groups -OCH3 is 1. The van der Waals surface area contributed by atoms with Gasteiger partial charge in [-0.1, -0.05) is 0 Å². The molecule has 0 saturated carbocycles. The van der Waals surface area contributed by atoms with Crippen LogP contribution in [-0.4, -0.2) is 31.0 Å². The topological polar surface area (TPSA) is 88.9 Å². The Kier molecular flexibility index (Phi) is 6.18. The van der Waals surface area contributed by atoms with Crippen LogP contribution in [-0.2, 0) is 9.47 Å². The lowest BCUT2D eigenvalue weighted by Gasteiger charge is -2.12. The molecule has 2 heterocycles. The summed E-state index contributed by atoms with van der Waals surface area (Å²) in [5.41, 5.74) is 8.69. The minimum atomic E-state index is -0.450. The second kappa shape index (κ2) is 8.96. The molecule has 0 unspecified atom stereocenters. The molecule has 7 nitrogen and oxygen atoms in total. The fourth-order valence-corrected chi connectivity index (χ4v) is 2.62. The molecule has 0 aliphatic rings. The minimum Gasteiger partial charge on any atom is -0.467 e. The van der Waals surface area contributed by atoms with Crippen LogP contribution < -0.4 is 10.5 Å². The first-order valence-electron chi connectivity index (χ1n) is 8.74. The zero-order valence-electron chi connectivity index (χ0n) is 15.8. The number of benzene rings is 1. The number of rotatable bonds is 8. The van der Waals surface area contributed by atoms with Crippen LogP contribution in [0, 0.1) is 0 Å². The number of carbonyl (C=O) groups excluding carboxylic acids is 1. The highest BCUT2D eigenvalue weighted by atomic mass is 16.7. The number of ether oxygens (including phenoxy) is 3. The number of nitrogen functional groups attached to an aromatic ring is 1. The smallest absolute Gasteiger partial charge is 0.341 e. The van der Waals surface area contributed by atoms with Gasteiger partial charge in [-0.05, 0) is 43.3 Å². The van der Waals surface area contributed by atoms with Gasteiger partial charge in [0.25, 0.3) is 0 Å². The van der Waals surface area contributed by atoms with Gasteiger partial charge in [0.1, 0.15) is 17.1 Å². The van der Waals surface area contributed by atoms with Gasteiger partial charge in [-0.3, -0.25) is 0 Å². The molecule has 0 aliphatic heterocycles. The van der Waals surface area contributed by atoms with E-state index in [2.05, 4.69) is 0 Å². The highest BCUT2D eigenvalue weighted by molar-refractivity contribution is 5.93. The van der Waals surface area contributed by atoms with Gasteiger partial charge in [0.2, 0.25) is 0 Å². The molecular formula is C21H22N2O5. The summed E-state index contributed by atoms with van der Waals surface area (Å²) in [5.74, 6) is 0.660. The van der Waals surface area contributed by atoms with Crippen molar-refractivity contribution >= 4 is 23.8 Å². The molecule has 146 valence electrons. The van der Waals surface area contributed by atoms with Crippen LogP contribution in [0.4, 0.5) is 5.69 Å². The van der Waals surface area contributed by atoms with Crippen molar-refractivity contribution in [3.05, 3.63) is 65.9 Å². The molecular weight excluding hydrogens is 360 g/mol. The van der Waals surface area contributed by atoms with Crippen molar-refractivity contribution in [2.45, 2.75) is 6.92 Å². The molecule has 0 spiro atoms. The molecule has 0 fully saturated rings. The van der Waals surface area contributed by atoms with Crippen LogP contribution in [0.2, 0.25) is 0 Å².